The van der Waals surface area contributed by atoms with E-state index in [4.69, 9.17) is 0 Å². The maximum absolute atomic E-state index is 12.4. The molecule has 0 spiro atoms. The number of carbonyl (C=O) groups excluding carboxylic acids is 1. The van der Waals surface area contributed by atoms with Gasteiger partial charge in [-0.05, 0) is 30.9 Å². The number of nitrogens with zero attached hydrogens (tertiary/aromatic N) is 1. The van der Waals surface area contributed by atoms with Crippen LogP contribution in [0.15, 0.2) is 18.2 Å². The molecular weight excluding hydrogens is 210 g/mol. The average Bonchev–Trinajstić information content (AvgIpc) is 2.69. The Balaban J connectivity index is 1.88. The minimum atomic E-state index is 0.269. The quantitative estimate of drug-likeness (QED) is 0.723. The third-order valence-electron chi connectivity index (χ3n) is 4.19. The van der Waals surface area contributed by atoms with Gasteiger partial charge in [0, 0.05) is 18.2 Å². The molecule has 0 saturated heterocycles. The van der Waals surface area contributed by atoms with Gasteiger partial charge in [0.15, 0.2) is 0 Å². The van der Waals surface area contributed by atoms with Crippen LogP contribution >= 0.6 is 0 Å². The first-order valence-corrected chi connectivity index (χ1v) is 6.67. The summed E-state index contributed by atoms with van der Waals surface area (Å²) in [5.74, 6) is 0.269. The number of rotatable bonds is 1. The van der Waals surface area contributed by atoms with E-state index in [1.807, 2.05) is 13.0 Å². The van der Waals surface area contributed by atoms with Gasteiger partial charge in [-0.25, -0.2) is 0 Å². The molecule has 0 N–H and O–H groups in total. The standard InChI is InChI=1S/C15H19NO/c1-11-6-5-7-12-10-16(15(17)14(11)12)13-8-3-2-4-9-13/h5-7,13H,2-4,8-10H2,1H3. The van der Waals surface area contributed by atoms with Crippen molar-refractivity contribution in [3.63, 3.8) is 0 Å². The topological polar surface area (TPSA) is 20.3 Å². The first-order valence-electron chi connectivity index (χ1n) is 6.67. The van der Waals surface area contributed by atoms with Crippen LogP contribution in [-0.4, -0.2) is 16.8 Å². The second-order valence-corrected chi connectivity index (χ2v) is 5.33. The normalized spacial score (nSPS) is 20.8. The van der Waals surface area contributed by atoms with Gasteiger partial charge in [0.2, 0.25) is 0 Å². The van der Waals surface area contributed by atoms with Crippen molar-refractivity contribution in [3.05, 3.63) is 34.9 Å². The summed E-state index contributed by atoms with van der Waals surface area (Å²) in [5, 5.41) is 0. The summed E-state index contributed by atoms with van der Waals surface area (Å²) in [7, 11) is 0. The van der Waals surface area contributed by atoms with Crippen molar-refractivity contribution in [2.45, 2.75) is 51.6 Å². The number of fused-ring (bicyclic) bond motifs is 1. The Morgan fingerprint density at radius 2 is 1.94 bits per heavy atom. The van der Waals surface area contributed by atoms with Crippen LogP contribution in [-0.2, 0) is 6.54 Å². The minimum absolute atomic E-state index is 0.269. The lowest BCUT2D eigenvalue weighted by atomic mass is 9.94. The van der Waals surface area contributed by atoms with E-state index in [0.717, 1.165) is 17.7 Å². The van der Waals surface area contributed by atoms with Crippen molar-refractivity contribution >= 4 is 5.91 Å². The monoisotopic (exact) mass is 229 g/mol. The molecule has 17 heavy (non-hydrogen) atoms. The third kappa shape index (κ3) is 1.76. The SMILES string of the molecule is Cc1cccc2c1C(=O)N(C1CCCCC1)C2. The van der Waals surface area contributed by atoms with Gasteiger partial charge < -0.3 is 4.90 Å². The highest BCUT2D eigenvalue weighted by Crippen LogP contribution is 2.32. The summed E-state index contributed by atoms with van der Waals surface area (Å²) in [6.45, 7) is 2.88. The maximum Gasteiger partial charge on any atom is 0.255 e. The molecule has 2 heteroatoms. The number of benzene rings is 1. The van der Waals surface area contributed by atoms with Crippen LogP contribution in [0.25, 0.3) is 0 Å². The second kappa shape index (κ2) is 4.17. The number of hydrogen-bond acceptors (Lipinski definition) is 1. The third-order valence-corrected chi connectivity index (χ3v) is 4.19. The van der Waals surface area contributed by atoms with Crippen LogP contribution in [0.1, 0.15) is 53.6 Å². The predicted molar refractivity (Wildman–Crippen MR) is 67.9 cm³/mol. The van der Waals surface area contributed by atoms with Crippen molar-refractivity contribution < 1.29 is 4.79 Å². The molecule has 2 aliphatic rings. The van der Waals surface area contributed by atoms with Crippen LogP contribution in [0.4, 0.5) is 0 Å². The minimum Gasteiger partial charge on any atom is -0.331 e. The van der Waals surface area contributed by atoms with E-state index in [2.05, 4.69) is 17.0 Å². The van der Waals surface area contributed by atoms with Crippen LogP contribution < -0.4 is 0 Å². The highest BCUT2D eigenvalue weighted by molar-refractivity contribution is 5.99. The van der Waals surface area contributed by atoms with Crippen molar-refractivity contribution in [2.75, 3.05) is 0 Å². The van der Waals surface area contributed by atoms with Gasteiger partial charge in [0.1, 0.15) is 0 Å². The first-order chi connectivity index (χ1) is 8.27. The Labute approximate surface area is 103 Å². The predicted octanol–water partition coefficient (Wildman–Crippen LogP) is 3.28. The molecule has 2 nitrogen and oxygen atoms in total. The van der Waals surface area contributed by atoms with E-state index >= 15 is 0 Å². The van der Waals surface area contributed by atoms with Crippen molar-refractivity contribution in [3.8, 4) is 0 Å². The summed E-state index contributed by atoms with van der Waals surface area (Å²) in [5.41, 5.74) is 3.32. The number of amides is 1. The molecule has 1 aliphatic heterocycles. The van der Waals surface area contributed by atoms with Gasteiger partial charge in [-0.3, -0.25) is 4.79 Å². The molecule has 0 bridgehead atoms. The van der Waals surface area contributed by atoms with E-state index in [1.54, 1.807) is 0 Å². The maximum atomic E-state index is 12.4. The zero-order chi connectivity index (χ0) is 11.8. The zero-order valence-electron chi connectivity index (χ0n) is 10.4. The lowest BCUT2D eigenvalue weighted by Crippen LogP contribution is -2.36. The summed E-state index contributed by atoms with van der Waals surface area (Å²) in [4.78, 5) is 14.6. The van der Waals surface area contributed by atoms with Crippen molar-refractivity contribution in [2.24, 2.45) is 0 Å². The molecule has 0 unspecified atom stereocenters. The number of aryl methyl sites for hydroxylation is 1. The summed E-state index contributed by atoms with van der Waals surface area (Å²) in [6, 6.07) is 6.69. The highest BCUT2D eigenvalue weighted by Gasteiger charge is 2.33. The van der Waals surface area contributed by atoms with Gasteiger partial charge in [0.05, 0.1) is 0 Å². The molecule has 0 atom stereocenters. The fraction of sp³-hybridized carbons (Fsp3) is 0.533. The van der Waals surface area contributed by atoms with Gasteiger partial charge >= 0.3 is 0 Å². The Kier molecular flexibility index (Phi) is 2.65. The first kappa shape index (κ1) is 10.8. The van der Waals surface area contributed by atoms with Crippen molar-refractivity contribution in [1.29, 1.82) is 0 Å². The average molecular weight is 229 g/mol. The Bertz CT molecular complexity index is 446. The molecule has 1 aromatic rings. The van der Waals surface area contributed by atoms with E-state index in [1.165, 1.54) is 37.7 Å². The van der Waals surface area contributed by atoms with Gasteiger partial charge in [-0.15, -0.1) is 0 Å². The second-order valence-electron chi connectivity index (χ2n) is 5.33. The summed E-state index contributed by atoms with van der Waals surface area (Å²) < 4.78 is 0. The molecule has 1 amide bonds. The lowest BCUT2D eigenvalue weighted by molar-refractivity contribution is 0.0659. The van der Waals surface area contributed by atoms with E-state index in [0.29, 0.717) is 6.04 Å². The Hall–Kier alpha value is -1.31. The number of carbonyl (C=O) groups is 1. The Morgan fingerprint density at radius 3 is 2.65 bits per heavy atom. The van der Waals surface area contributed by atoms with E-state index in [9.17, 15) is 4.79 Å². The smallest absolute Gasteiger partial charge is 0.255 e. The van der Waals surface area contributed by atoms with E-state index in [-0.39, 0.29) is 5.91 Å². The van der Waals surface area contributed by atoms with Crippen molar-refractivity contribution in [1.82, 2.24) is 4.90 Å². The summed E-state index contributed by atoms with van der Waals surface area (Å²) in [6.07, 6.45) is 6.29. The largest absolute Gasteiger partial charge is 0.331 e. The van der Waals surface area contributed by atoms with Crippen LogP contribution in [0, 0.1) is 6.92 Å². The molecule has 0 aromatic heterocycles. The van der Waals surface area contributed by atoms with Crippen LogP contribution in [0.5, 0.6) is 0 Å². The van der Waals surface area contributed by atoms with Gasteiger partial charge in [-0.1, -0.05) is 37.5 Å². The molecule has 1 aliphatic carbocycles. The van der Waals surface area contributed by atoms with Crippen LogP contribution in [0.3, 0.4) is 0 Å². The Morgan fingerprint density at radius 1 is 1.18 bits per heavy atom. The van der Waals surface area contributed by atoms with Crippen LogP contribution in [0.2, 0.25) is 0 Å². The molecule has 3 rings (SSSR count). The molecular formula is C15H19NO. The highest BCUT2D eigenvalue weighted by atomic mass is 16.2. The molecule has 1 fully saturated rings. The lowest BCUT2D eigenvalue weighted by Gasteiger charge is -2.30. The molecule has 1 saturated carbocycles. The molecule has 1 heterocycles. The summed E-state index contributed by atoms with van der Waals surface area (Å²) >= 11 is 0. The van der Waals surface area contributed by atoms with Gasteiger partial charge in [0.25, 0.3) is 5.91 Å². The van der Waals surface area contributed by atoms with Gasteiger partial charge in [-0.2, -0.15) is 0 Å². The molecule has 0 radical (unpaired) electrons. The van der Waals surface area contributed by atoms with E-state index < -0.39 is 0 Å². The fourth-order valence-corrected chi connectivity index (χ4v) is 3.25. The molecule has 1 aromatic carbocycles. The zero-order valence-corrected chi connectivity index (χ0v) is 10.4. The fourth-order valence-electron chi connectivity index (χ4n) is 3.25. The number of hydrogen-bond donors (Lipinski definition) is 0. The molecule has 90 valence electrons.